The number of anilines is 1. The molecule has 0 aliphatic carbocycles. The number of thiophene rings is 1. The molecule has 0 spiro atoms. The van der Waals surface area contributed by atoms with Crippen LogP contribution < -0.4 is 10.2 Å². The molecule has 1 heterocycles. The van der Waals surface area contributed by atoms with Crippen LogP contribution in [-0.4, -0.2) is 12.6 Å². The van der Waals surface area contributed by atoms with Crippen LogP contribution in [0.3, 0.4) is 0 Å². The minimum Gasteiger partial charge on any atom is -0.369 e. The van der Waals surface area contributed by atoms with E-state index in [1.807, 2.05) is 11.3 Å². The van der Waals surface area contributed by atoms with Crippen LogP contribution in [0.15, 0.2) is 35.7 Å². The quantitative estimate of drug-likeness (QED) is 0.869. The number of aryl methyl sites for hydroxylation is 1. The number of hydrogen-bond acceptors (Lipinski definition) is 3. The van der Waals surface area contributed by atoms with Gasteiger partial charge < -0.3 is 10.2 Å². The average molecular weight is 302 g/mol. The van der Waals surface area contributed by atoms with Crippen molar-refractivity contribution in [3.63, 3.8) is 0 Å². The molecule has 2 rings (SSSR count). The predicted octanol–water partition coefficient (Wildman–Crippen LogP) is 4.58. The Morgan fingerprint density at radius 3 is 2.52 bits per heavy atom. The van der Waals surface area contributed by atoms with Crippen molar-refractivity contribution in [2.75, 3.05) is 11.9 Å². The number of benzene rings is 1. The summed E-state index contributed by atoms with van der Waals surface area (Å²) >= 11 is 1.81. The second kappa shape index (κ2) is 6.63. The van der Waals surface area contributed by atoms with Crippen molar-refractivity contribution in [1.29, 1.82) is 0 Å². The Bertz CT molecular complexity index is 567. The van der Waals surface area contributed by atoms with Crippen molar-refractivity contribution in [2.24, 2.45) is 0 Å². The molecule has 0 aliphatic heterocycles. The molecule has 3 heteroatoms. The number of hydrogen-bond donors (Lipinski definition) is 1. The van der Waals surface area contributed by atoms with Crippen molar-refractivity contribution in [2.45, 2.75) is 46.3 Å². The normalized spacial score (nSPS) is 11.7. The standard InChI is InChI=1S/C18H26N2S/c1-14-11-15(12-19-18(2,3)4)8-9-17(14)20(5)13-16-7-6-10-21-16/h6-11,19H,12-13H2,1-5H3. The van der Waals surface area contributed by atoms with Gasteiger partial charge in [0.05, 0.1) is 6.54 Å². The lowest BCUT2D eigenvalue weighted by Crippen LogP contribution is -2.35. The van der Waals surface area contributed by atoms with Gasteiger partial charge in [0.1, 0.15) is 0 Å². The van der Waals surface area contributed by atoms with E-state index in [4.69, 9.17) is 0 Å². The molecule has 21 heavy (non-hydrogen) atoms. The van der Waals surface area contributed by atoms with Crippen LogP contribution in [0.1, 0.15) is 36.8 Å². The summed E-state index contributed by atoms with van der Waals surface area (Å²) in [5.74, 6) is 0. The highest BCUT2D eigenvalue weighted by Gasteiger charge is 2.10. The predicted molar refractivity (Wildman–Crippen MR) is 94.2 cm³/mol. The second-order valence-corrected chi connectivity index (χ2v) is 7.69. The fourth-order valence-electron chi connectivity index (χ4n) is 2.34. The first-order valence-corrected chi connectivity index (χ1v) is 8.31. The maximum Gasteiger partial charge on any atom is 0.0519 e. The van der Waals surface area contributed by atoms with Gasteiger partial charge in [-0.1, -0.05) is 18.2 Å². The molecule has 0 aliphatic rings. The van der Waals surface area contributed by atoms with Gasteiger partial charge in [-0.15, -0.1) is 11.3 Å². The van der Waals surface area contributed by atoms with Crippen LogP contribution in [0.2, 0.25) is 0 Å². The lowest BCUT2D eigenvalue weighted by atomic mass is 10.1. The van der Waals surface area contributed by atoms with Gasteiger partial charge >= 0.3 is 0 Å². The molecule has 0 radical (unpaired) electrons. The summed E-state index contributed by atoms with van der Waals surface area (Å²) in [6.07, 6.45) is 0. The SMILES string of the molecule is Cc1cc(CNC(C)(C)C)ccc1N(C)Cc1cccs1. The first-order valence-electron chi connectivity index (χ1n) is 7.43. The summed E-state index contributed by atoms with van der Waals surface area (Å²) < 4.78 is 0. The van der Waals surface area contributed by atoms with E-state index < -0.39 is 0 Å². The molecule has 1 aromatic carbocycles. The third-order valence-corrected chi connectivity index (χ3v) is 4.33. The Balaban J connectivity index is 2.04. The molecule has 0 atom stereocenters. The molecule has 114 valence electrons. The third kappa shape index (κ3) is 4.87. The summed E-state index contributed by atoms with van der Waals surface area (Å²) in [4.78, 5) is 3.72. The molecule has 2 aromatic rings. The summed E-state index contributed by atoms with van der Waals surface area (Å²) in [5, 5.41) is 5.67. The Hall–Kier alpha value is -1.32. The monoisotopic (exact) mass is 302 g/mol. The summed E-state index contributed by atoms with van der Waals surface area (Å²) in [7, 11) is 2.16. The minimum absolute atomic E-state index is 0.155. The van der Waals surface area contributed by atoms with Crippen molar-refractivity contribution >= 4 is 17.0 Å². The zero-order valence-corrected chi connectivity index (χ0v) is 14.6. The molecule has 0 unspecified atom stereocenters. The van der Waals surface area contributed by atoms with Crippen LogP contribution in [0.4, 0.5) is 5.69 Å². The first-order chi connectivity index (χ1) is 9.85. The van der Waals surface area contributed by atoms with E-state index in [-0.39, 0.29) is 5.54 Å². The van der Waals surface area contributed by atoms with Crippen LogP contribution in [0, 0.1) is 6.92 Å². The number of nitrogens with one attached hydrogen (secondary N) is 1. The smallest absolute Gasteiger partial charge is 0.0519 e. The second-order valence-electron chi connectivity index (χ2n) is 6.66. The molecule has 0 fully saturated rings. The summed E-state index contributed by atoms with van der Waals surface area (Å²) in [6.45, 7) is 10.7. The van der Waals surface area contributed by atoms with Crippen LogP contribution in [0.5, 0.6) is 0 Å². The first kappa shape index (κ1) is 16.1. The van der Waals surface area contributed by atoms with Gasteiger partial charge in [-0.2, -0.15) is 0 Å². The van der Waals surface area contributed by atoms with Gasteiger partial charge in [0.2, 0.25) is 0 Å². The van der Waals surface area contributed by atoms with Crippen molar-refractivity contribution in [1.82, 2.24) is 5.32 Å². The number of rotatable bonds is 5. The van der Waals surface area contributed by atoms with Gasteiger partial charge in [0.25, 0.3) is 0 Å². The zero-order chi connectivity index (χ0) is 15.5. The summed E-state index contributed by atoms with van der Waals surface area (Å²) in [5.41, 5.74) is 4.14. The molecular formula is C18H26N2S. The van der Waals surface area contributed by atoms with Gasteiger partial charge in [-0.05, 0) is 56.3 Å². The summed E-state index contributed by atoms with van der Waals surface area (Å²) in [6, 6.07) is 11.1. The molecule has 2 nitrogen and oxygen atoms in total. The largest absolute Gasteiger partial charge is 0.369 e. The van der Waals surface area contributed by atoms with Crippen molar-refractivity contribution in [3.8, 4) is 0 Å². The molecule has 0 saturated heterocycles. The fourth-order valence-corrected chi connectivity index (χ4v) is 3.10. The van der Waals surface area contributed by atoms with E-state index in [1.165, 1.54) is 21.7 Å². The highest BCUT2D eigenvalue weighted by atomic mass is 32.1. The minimum atomic E-state index is 0.155. The molecule has 0 saturated carbocycles. The van der Waals surface area contributed by atoms with Crippen molar-refractivity contribution < 1.29 is 0 Å². The lowest BCUT2D eigenvalue weighted by Gasteiger charge is -2.23. The van der Waals surface area contributed by atoms with E-state index in [0.29, 0.717) is 0 Å². The Morgan fingerprint density at radius 2 is 1.95 bits per heavy atom. The van der Waals surface area contributed by atoms with Gasteiger partial charge in [0.15, 0.2) is 0 Å². The fraction of sp³-hybridized carbons (Fsp3) is 0.444. The third-order valence-electron chi connectivity index (χ3n) is 3.47. The Kier molecular flexibility index (Phi) is 5.07. The van der Waals surface area contributed by atoms with E-state index in [1.54, 1.807) is 0 Å². The molecule has 1 aromatic heterocycles. The molecule has 1 N–H and O–H groups in total. The van der Waals surface area contributed by atoms with Crippen molar-refractivity contribution in [3.05, 3.63) is 51.7 Å². The Morgan fingerprint density at radius 1 is 1.19 bits per heavy atom. The van der Waals surface area contributed by atoms with Gasteiger partial charge in [-0.3, -0.25) is 0 Å². The molecular weight excluding hydrogens is 276 g/mol. The highest BCUT2D eigenvalue weighted by Crippen LogP contribution is 2.23. The topological polar surface area (TPSA) is 15.3 Å². The van der Waals surface area contributed by atoms with E-state index in [0.717, 1.165) is 13.1 Å². The van der Waals surface area contributed by atoms with E-state index in [2.05, 4.69) is 80.7 Å². The van der Waals surface area contributed by atoms with Crippen LogP contribution in [0.25, 0.3) is 0 Å². The van der Waals surface area contributed by atoms with Crippen LogP contribution in [-0.2, 0) is 13.1 Å². The van der Waals surface area contributed by atoms with E-state index in [9.17, 15) is 0 Å². The average Bonchev–Trinajstić information content (AvgIpc) is 2.88. The maximum atomic E-state index is 3.54. The zero-order valence-electron chi connectivity index (χ0n) is 13.7. The Labute approximate surface area is 132 Å². The van der Waals surface area contributed by atoms with Gasteiger partial charge in [-0.25, -0.2) is 0 Å². The molecule has 0 bridgehead atoms. The van der Waals surface area contributed by atoms with Gasteiger partial charge in [0, 0.05) is 29.7 Å². The highest BCUT2D eigenvalue weighted by molar-refractivity contribution is 7.09. The van der Waals surface area contributed by atoms with E-state index >= 15 is 0 Å². The molecule has 0 amide bonds. The number of nitrogens with zero attached hydrogens (tertiary/aromatic N) is 1. The maximum absolute atomic E-state index is 3.54. The van der Waals surface area contributed by atoms with Crippen LogP contribution >= 0.6 is 11.3 Å². The lowest BCUT2D eigenvalue weighted by molar-refractivity contribution is 0.424.